The maximum Gasteiger partial charge on any atom is 0.417 e. The molecule has 0 fully saturated rings. The van der Waals surface area contributed by atoms with Gasteiger partial charge in [0.05, 0.1) is 5.56 Å². The number of carbonyl (C=O) groups excluding carboxylic acids is 1. The third kappa shape index (κ3) is 4.82. The Hall–Kier alpha value is -1.60. The fourth-order valence-electron chi connectivity index (χ4n) is 1.58. The Morgan fingerprint density at radius 3 is 2.15 bits per heavy atom. The molecular formula is C12H9F7O. The van der Waals surface area contributed by atoms with E-state index in [1.807, 2.05) is 0 Å². The van der Waals surface area contributed by atoms with E-state index in [0.717, 1.165) is 0 Å². The molecule has 0 aromatic heterocycles. The molecule has 0 aliphatic carbocycles. The van der Waals surface area contributed by atoms with Crippen molar-refractivity contribution >= 4 is 5.78 Å². The number of alkyl halides is 6. The number of carbonyl (C=O) groups is 1. The zero-order valence-corrected chi connectivity index (χ0v) is 9.91. The summed E-state index contributed by atoms with van der Waals surface area (Å²) in [7, 11) is 0. The summed E-state index contributed by atoms with van der Waals surface area (Å²) in [5, 5.41) is 0. The average molecular weight is 302 g/mol. The lowest BCUT2D eigenvalue weighted by molar-refractivity contribution is -0.138. The van der Waals surface area contributed by atoms with Gasteiger partial charge in [-0.2, -0.15) is 26.3 Å². The highest BCUT2D eigenvalue weighted by Crippen LogP contribution is 2.33. The van der Waals surface area contributed by atoms with Gasteiger partial charge in [-0.25, -0.2) is 4.39 Å². The second-order valence-electron chi connectivity index (χ2n) is 4.08. The van der Waals surface area contributed by atoms with Gasteiger partial charge in [0.15, 0.2) is 5.78 Å². The van der Waals surface area contributed by atoms with E-state index in [-0.39, 0.29) is 0 Å². The Morgan fingerprint density at radius 2 is 1.65 bits per heavy atom. The van der Waals surface area contributed by atoms with Crippen molar-refractivity contribution in [3.63, 3.8) is 0 Å². The lowest BCUT2D eigenvalue weighted by atomic mass is 9.99. The van der Waals surface area contributed by atoms with Crippen molar-refractivity contribution in [3.8, 4) is 0 Å². The minimum Gasteiger partial charge on any atom is -0.294 e. The second-order valence-corrected chi connectivity index (χ2v) is 4.08. The number of hydrogen-bond acceptors (Lipinski definition) is 1. The van der Waals surface area contributed by atoms with Gasteiger partial charge < -0.3 is 0 Å². The monoisotopic (exact) mass is 302 g/mol. The number of Topliss-reactive ketones (excluding diaryl/α,β-unsaturated/α-hetero) is 1. The third-order valence-electron chi connectivity index (χ3n) is 2.45. The van der Waals surface area contributed by atoms with Crippen LogP contribution >= 0.6 is 0 Å². The van der Waals surface area contributed by atoms with Crippen molar-refractivity contribution < 1.29 is 35.5 Å². The molecule has 0 aliphatic heterocycles. The first kappa shape index (κ1) is 16.5. The van der Waals surface area contributed by atoms with Crippen LogP contribution in [0.3, 0.4) is 0 Å². The molecule has 0 aliphatic rings. The molecule has 1 rings (SSSR count). The van der Waals surface area contributed by atoms with Crippen LogP contribution in [-0.4, -0.2) is 12.0 Å². The molecule has 0 N–H and O–H groups in total. The minimum atomic E-state index is -4.87. The third-order valence-corrected chi connectivity index (χ3v) is 2.45. The summed E-state index contributed by atoms with van der Waals surface area (Å²) >= 11 is 0. The van der Waals surface area contributed by atoms with Gasteiger partial charge in [-0.3, -0.25) is 4.79 Å². The Bertz CT molecular complexity index is 488. The van der Waals surface area contributed by atoms with Crippen LogP contribution < -0.4 is 0 Å². The van der Waals surface area contributed by atoms with E-state index in [2.05, 4.69) is 0 Å². The van der Waals surface area contributed by atoms with Crippen molar-refractivity contribution in [3.05, 3.63) is 35.1 Å². The van der Waals surface area contributed by atoms with Crippen molar-refractivity contribution in [1.82, 2.24) is 0 Å². The van der Waals surface area contributed by atoms with Crippen LogP contribution in [0, 0.1) is 5.82 Å². The first-order chi connectivity index (χ1) is 9.00. The summed E-state index contributed by atoms with van der Waals surface area (Å²) in [5.74, 6) is -2.22. The van der Waals surface area contributed by atoms with E-state index in [1.54, 1.807) is 0 Å². The topological polar surface area (TPSA) is 17.1 Å². The zero-order chi connectivity index (χ0) is 15.6. The molecule has 20 heavy (non-hydrogen) atoms. The average Bonchev–Trinajstić information content (AvgIpc) is 2.25. The fraction of sp³-hybridized carbons (Fsp3) is 0.417. The molecule has 0 saturated heterocycles. The van der Waals surface area contributed by atoms with Crippen LogP contribution in [0.25, 0.3) is 0 Å². The molecule has 8 heteroatoms. The van der Waals surface area contributed by atoms with Gasteiger partial charge in [0.2, 0.25) is 0 Å². The molecule has 0 saturated carbocycles. The lowest BCUT2D eigenvalue weighted by Gasteiger charge is -2.12. The number of hydrogen-bond donors (Lipinski definition) is 0. The van der Waals surface area contributed by atoms with Crippen LogP contribution in [0.1, 0.15) is 35.2 Å². The minimum absolute atomic E-state index is 0.388. The van der Waals surface area contributed by atoms with Gasteiger partial charge >= 0.3 is 12.4 Å². The first-order valence-corrected chi connectivity index (χ1v) is 5.47. The van der Waals surface area contributed by atoms with Crippen LogP contribution in [-0.2, 0) is 6.18 Å². The highest BCUT2D eigenvalue weighted by Gasteiger charge is 2.35. The first-order valence-electron chi connectivity index (χ1n) is 5.47. The molecule has 112 valence electrons. The number of rotatable bonds is 4. The normalized spacial score (nSPS) is 12.6. The molecule has 1 aromatic rings. The van der Waals surface area contributed by atoms with Crippen molar-refractivity contribution in [2.24, 2.45) is 0 Å². The summed E-state index contributed by atoms with van der Waals surface area (Å²) in [6.45, 7) is 0. The Morgan fingerprint density at radius 1 is 1.05 bits per heavy atom. The van der Waals surface area contributed by atoms with E-state index in [1.165, 1.54) is 0 Å². The maximum atomic E-state index is 12.9. The zero-order valence-electron chi connectivity index (χ0n) is 9.91. The van der Waals surface area contributed by atoms with Gasteiger partial charge in [-0.1, -0.05) is 0 Å². The summed E-state index contributed by atoms with van der Waals surface area (Å²) in [6.07, 6.45) is -12.0. The summed E-state index contributed by atoms with van der Waals surface area (Å²) < 4.78 is 86.4. The molecule has 0 spiro atoms. The molecule has 1 nitrogen and oxygen atoms in total. The van der Waals surface area contributed by atoms with Crippen molar-refractivity contribution in [2.45, 2.75) is 31.6 Å². The SMILES string of the molecule is O=C(CCCC(F)(F)F)c1cc(F)ccc1C(F)(F)F. The quantitative estimate of drug-likeness (QED) is 0.579. The second kappa shape index (κ2) is 5.80. The molecule has 1 aromatic carbocycles. The van der Waals surface area contributed by atoms with E-state index in [4.69, 9.17) is 0 Å². The fourth-order valence-corrected chi connectivity index (χ4v) is 1.58. The molecule has 0 unspecified atom stereocenters. The smallest absolute Gasteiger partial charge is 0.294 e. The van der Waals surface area contributed by atoms with Gasteiger partial charge in [0, 0.05) is 18.4 Å². The van der Waals surface area contributed by atoms with Crippen LogP contribution in [0.4, 0.5) is 30.7 Å². The lowest BCUT2D eigenvalue weighted by Crippen LogP contribution is -2.14. The van der Waals surface area contributed by atoms with Crippen LogP contribution in [0.5, 0.6) is 0 Å². The summed E-state index contributed by atoms with van der Waals surface area (Å²) in [6, 6.07) is 1.32. The predicted molar refractivity (Wildman–Crippen MR) is 55.6 cm³/mol. The molecule has 0 bridgehead atoms. The predicted octanol–water partition coefficient (Wildman–Crippen LogP) is 4.76. The van der Waals surface area contributed by atoms with Gasteiger partial charge in [0.1, 0.15) is 5.82 Å². The van der Waals surface area contributed by atoms with Crippen molar-refractivity contribution in [2.75, 3.05) is 0 Å². The highest BCUT2D eigenvalue weighted by atomic mass is 19.4. The Balaban J connectivity index is 2.89. The van der Waals surface area contributed by atoms with Crippen LogP contribution in [0.2, 0.25) is 0 Å². The number of halogens is 7. The van der Waals surface area contributed by atoms with E-state index in [0.29, 0.717) is 18.2 Å². The van der Waals surface area contributed by atoms with Gasteiger partial charge in [-0.15, -0.1) is 0 Å². The highest BCUT2D eigenvalue weighted by molar-refractivity contribution is 5.97. The summed E-state index contributed by atoms with van der Waals surface area (Å²) in [5.41, 5.74) is -2.30. The van der Waals surface area contributed by atoms with E-state index < -0.39 is 54.3 Å². The van der Waals surface area contributed by atoms with Crippen molar-refractivity contribution in [1.29, 1.82) is 0 Å². The largest absolute Gasteiger partial charge is 0.417 e. The Kier molecular flexibility index (Phi) is 4.77. The Labute approximate surface area is 109 Å². The standard InChI is InChI=1S/C12H9F7O/c13-7-3-4-9(12(17,18)19)8(6-7)10(20)2-1-5-11(14,15)16/h3-4,6H,1-2,5H2. The molecule has 0 amide bonds. The summed E-state index contributed by atoms with van der Waals surface area (Å²) in [4.78, 5) is 11.5. The van der Waals surface area contributed by atoms with Gasteiger partial charge in [-0.05, 0) is 24.6 Å². The van der Waals surface area contributed by atoms with Crippen LogP contribution in [0.15, 0.2) is 18.2 Å². The van der Waals surface area contributed by atoms with E-state index >= 15 is 0 Å². The van der Waals surface area contributed by atoms with E-state index in [9.17, 15) is 35.5 Å². The molecule has 0 atom stereocenters. The number of ketones is 1. The number of benzene rings is 1. The maximum absolute atomic E-state index is 12.9. The molecule has 0 radical (unpaired) electrons. The van der Waals surface area contributed by atoms with Gasteiger partial charge in [0.25, 0.3) is 0 Å². The molecular weight excluding hydrogens is 293 g/mol. The molecule has 0 heterocycles.